The summed E-state index contributed by atoms with van der Waals surface area (Å²) in [6.45, 7) is 3.87. The number of hydrogen-bond donors (Lipinski definition) is 0. The van der Waals surface area contributed by atoms with Gasteiger partial charge in [0.15, 0.2) is 0 Å². The van der Waals surface area contributed by atoms with E-state index in [1.54, 1.807) is 32.2 Å². The molecule has 0 aliphatic carbocycles. The summed E-state index contributed by atoms with van der Waals surface area (Å²) >= 11 is 0. The number of methoxy groups -OCH3 is 1. The van der Waals surface area contributed by atoms with Crippen molar-refractivity contribution < 1.29 is 9.53 Å². The molecular weight excluding hydrogens is 214 g/mol. The van der Waals surface area contributed by atoms with Gasteiger partial charge < -0.3 is 9.64 Å². The SMILES string of the molecule is COc1c(C)cc(C)cc1C(=O)C#CN(C)C. The number of carbonyl (C=O) groups excluding carboxylic acids is 1. The number of carbonyl (C=O) groups is 1. The number of nitrogens with zero attached hydrogens (tertiary/aromatic N) is 1. The molecule has 0 fully saturated rings. The van der Waals surface area contributed by atoms with E-state index in [1.165, 1.54) is 0 Å². The zero-order valence-electron chi connectivity index (χ0n) is 10.9. The molecule has 0 atom stereocenters. The van der Waals surface area contributed by atoms with Crippen LogP contribution in [0, 0.1) is 25.8 Å². The smallest absolute Gasteiger partial charge is 0.241 e. The highest BCUT2D eigenvalue weighted by molar-refractivity contribution is 6.11. The predicted molar refractivity (Wildman–Crippen MR) is 68.3 cm³/mol. The van der Waals surface area contributed by atoms with Gasteiger partial charge in [-0.15, -0.1) is 0 Å². The lowest BCUT2D eigenvalue weighted by atomic mass is 10.0. The molecule has 1 aromatic carbocycles. The fraction of sp³-hybridized carbons (Fsp3) is 0.357. The van der Waals surface area contributed by atoms with Crippen molar-refractivity contribution in [1.82, 2.24) is 4.90 Å². The van der Waals surface area contributed by atoms with E-state index in [-0.39, 0.29) is 5.78 Å². The Kier molecular flexibility index (Phi) is 4.17. The minimum Gasteiger partial charge on any atom is -0.496 e. The number of ether oxygens (including phenoxy) is 1. The Bertz CT molecular complexity index is 493. The molecule has 17 heavy (non-hydrogen) atoms. The zero-order chi connectivity index (χ0) is 13.0. The van der Waals surface area contributed by atoms with Crippen molar-refractivity contribution in [2.24, 2.45) is 0 Å². The van der Waals surface area contributed by atoms with Crippen LogP contribution in [0.5, 0.6) is 5.75 Å². The van der Waals surface area contributed by atoms with Crippen LogP contribution in [0.15, 0.2) is 12.1 Å². The van der Waals surface area contributed by atoms with Gasteiger partial charge in [0.25, 0.3) is 0 Å². The van der Waals surface area contributed by atoms with Gasteiger partial charge in [0.2, 0.25) is 5.78 Å². The van der Waals surface area contributed by atoms with Crippen molar-refractivity contribution in [2.75, 3.05) is 21.2 Å². The first-order valence-corrected chi connectivity index (χ1v) is 5.34. The van der Waals surface area contributed by atoms with E-state index in [9.17, 15) is 4.79 Å². The molecule has 0 bridgehead atoms. The second kappa shape index (κ2) is 5.40. The summed E-state index contributed by atoms with van der Waals surface area (Å²) in [6.07, 6.45) is 0. The Hall–Kier alpha value is -1.95. The van der Waals surface area contributed by atoms with Crippen LogP contribution < -0.4 is 4.74 Å². The lowest BCUT2D eigenvalue weighted by molar-refractivity contribution is 0.105. The van der Waals surface area contributed by atoms with Gasteiger partial charge in [-0.3, -0.25) is 4.79 Å². The molecule has 0 aliphatic rings. The average molecular weight is 231 g/mol. The van der Waals surface area contributed by atoms with E-state index in [0.717, 1.165) is 11.1 Å². The summed E-state index contributed by atoms with van der Waals surface area (Å²) in [5.41, 5.74) is 2.50. The molecule has 0 unspecified atom stereocenters. The predicted octanol–water partition coefficient (Wildman–Crippen LogP) is 2.02. The second-order valence-corrected chi connectivity index (χ2v) is 4.12. The van der Waals surface area contributed by atoms with Gasteiger partial charge in [0, 0.05) is 26.1 Å². The van der Waals surface area contributed by atoms with Crippen molar-refractivity contribution >= 4 is 5.78 Å². The Morgan fingerprint density at radius 2 is 1.94 bits per heavy atom. The van der Waals surface area contributed by atoms with Crippen LogP contribution in [0.25, 0.3) is 0 Å². The standard InChI is InChI=1S/C14H17NO2/c1-10-8-11(2)14(17-5)12(9-10)13(16)6-7-15(3)4/h8-9H,1-5H3. The van der Waals surface area contributed by atoms with Gasteiger partial charge in [-0.25, -0.2) is 0 Å². The summed E-state index contributed by atoms with van der Waals surface area (Å²) in [4.78, 5) is 13.6. The maximum atomic E-state index is 12.0. The minimum atomic E-state index is -0.220. The zero-order valence-corrected chi connectivity index (χ0v) is 10.9. The maximum Gasteiger partial charge on any atom is 0.241 e. The summed E-state index contributed by atoms with van der Waals surface area (Å²) in [7, 11) is 5.14. The lowest BCUT2D eigenvalue weighted by Gasteiger charge is -2.09. The van der Waals surface area contributed by atoms with E-state index >= 15 is 0 Å². The molecule has 0 aromatic heterocycles. The van der Waals surface area contributed by atoms with Gasteiger partial charge in [-0.2, -0.15) is 0 Å². The molecular formula is C14H17NO2. The molecule has 3 nitrogen and oxygen atoms in total. The van der Waals surface area contributed by atoms with E-state index in [0.29, 0.717) is 11.3 Å². The number of Topliss-reactive ketones (excluding diaryl/α,β-unsaturated/α-hetero) is 1. The Balaban J connectivity index is 3.22. The highest BCUT2D eigenvalue weighted by Gasteiger charge is 2.13. The second-order valence-electron chi connectivity index (χ2n) is 4.12. The van der Waals surface area contributed by atoms with Crippen molar-refractivity contribution in [3.05, 3.63) is 28.8 Å². The molecule has 3 heteroatoms. The van der Waals surface area contributed by atoms with Gasteiger partial charge in [-0.1, -0.05) is 6.07 Å². The quantitative estimate of drug-likeness (QED) is 0.443. The molecule has 0 N–H and O–H groups in total. The third-order valence-electron chi connectivity index (χ3n) is 2.26. The van der Waals surface area contributed by atoms with Gasteiger partial charge in [0.1, 0.15) is 5.75 Å². The largest absolute Gasteiger partial charge is 0.496 e. The number of hydrogen-bond acceptors (Lipinski definition) is 3. The molecule has 0 heterocycles. The molecule has 90 valence electrons. The Labute approximate surface area is 102 Å². The number of rotatable bonds is 2. The van der Waals surface area contributed by atoms with Crippen LogP contribution in [0.1, 0.15) is 21.5 Å². The van der Waals surface area contributed by atoms with Gasteiger partial charge >= 0.3 is 0 Å². The first-order valence-electron chi connectivity index (χ1n) is 5.34. The highest BCUT2D eigenvalue weighted by atomic mass is 16.5. The van der Waals surface area contributed by atoms with Crippen LogP contribution in [-0.4, -0.2) is 31.9 Å². The Morgan fingerprint density at radius 3 is 2.47 bits per heavy atom. The first-order chi connectivity index (χ1) is 7.95. The van der Waals surface area contributed by atoms with Crippen molar-refractivity contribution in [3.63, 3.8) is 0 Å². The molecule has 0 radical (unpaired) electrons. The molecule has 0 aliphatic heterocycles. The van der Waals surface area contributed by atoms with Crippen LogP contribution in [0.4, 0.5) is 0 Å². The molecule has 0 amide bonds. The van der Waals surface area contributed by atoms with E-state index in [4.69, 9.17) is 4.74 Å². The van der Waals surface area contributed by atoms with E-state index < -0.39 is 0 Å². The third kappa shape index (κ3) is 3.25. The highest BCUT2D eigenvalue weighted by Crippen LogP contribution is 2.25. The van der Waals surface area contributed by atoms with Crippen LogP contribution in [-0.2, 0) is 0 Å². The van der Waals surface area contributed by atoms with Crippen LogP contribution >= 0.6 is 0 Å². The summed E-state index contributed by atoms with van der Waals surface area (Å²) in [5.74, 6) is 2.97. The normalized spacial score (nSPS) is 9.24. The van der Waals surface area contributed by atoms with Crippen molar-refractivity contribution in [2.45, 2.75) is 13.8 Å². The number of benzene rings is 1. The topological polar surface area (TPSA) is 29.5 Å². The van der Waals surface area contributed by atoms with Crippen molar-refractivity contribution in [1.29, 1.82) is 0 Å². The van der Waals surface area contributed by atoms with E-state index in [2.05, 4.69) is 12.0 Å². The Morgan fingerprint density at radius 1 is 1.29 bits per heavy atom. The fourth-order valence-electron chi connectivity index (χ4n) is 1.62. The summed E-state index contributed by atoms with van der Waals surface area (Å²) in [6, 6.07) is 6.50. The maximum absolute atomic E-state index is 12.0. The minimum absolute atomic E-state index is 0.220. The first kappa shape index (κ1) is 13.1. The van der Waals surface area contributed by atoms with E-state index in [1.807, 2.05) is 19.9 Å². The number of ketones is 1. The molecule has 0 spiro atoms. The monoisotopic (exact) mass is 231 g/mol. The van der Waals surface area contributed by atoms with Gasteiger partial charge in [0.05, 0.1) is 12.7 Å². The summed E-state index contributed by atoms with van der Waals surface area (Å²) < 4.78 is 5.26. The average Bonchev–Trinajstić information content (AvgIpc) is 2.24. The molecule has 1 rings (SSSR count). The van der Waals surface area contributed by atoms with Crippen LogP contribution in [0.2, 0.25) is 0 Å². The lowest BCUT2D eigenvalue weighted by Crippen LogP contribution is -2.05. The summed E-state index contributed by atoms with van der Waals surface area (Å²) in [5, 5.41) is 0. The molecule has 0 saturated carbocycles. The molecule has 1 aromatic rings. The molecule has 0 saturated heterocycles. The third-order valence-corrected chi connectivity index (χ3v) is 2.26. The fourth-order valence-corrected chi connectivity index (χ4v) is 1.62. The number of aryl methyl sites for hydroxylation is 2. The van der Waals surface area contributed by atoms with Gasteiger partial charge in [-0.05, 0) is 31.0 Å². The van der Waals surface area contributed by atoms with Crippen molar-refractivity contribution in [3.8, 4) is 17.7 Å². The van der Waals surface area contributed by atoms with Crippen LogP contribution in [0.3, 0.4) is 0 Å².